The highest BCUT2D eigenvalue weighted by Gasteiger charge is 2.24. The van der Waals surface area contributed by atoms with Gasteiger partial charge < -0.3 is 5.11 Å². The van der Waals surface area contributed by atoms with Gasteiger partial charge in [0, 0.05) is 10.1 Å². The number of halogens is 4. The van der Waals surface area contributed by atoms with Gasteiger partial charge in [-0.2, -0.15) is 0 Å². The zero-order chi connectivity index (χ0) is 14.9. The van der Waals surface area contributed by atoms with Crippen molar-refractivity contribution in [3.63, 3.8) is 0 Å². The molecule has 0 amide bonds. The lowest BCUT2D eigenvalue weighted by atomic mass is 9.95. The summed E-state index contributed by atoms with van der Waals surface area (Å²) in [4.78, 5) is 0.621. The number of aromatic hydroxyl groups is 1. The number of hydrogen-bond acceptors (Lipinski definition) is 2. The van der Waals surface area contributed by atoms with Crippen molar-refractivity contribution in [2.45, 2.75) is 37.8 Å². The van der Waals surface area contributed by atoms with Gasteiger partial charge in [0.05, 0.1) is 10.0 Å². The lowest BCUT2D eigenvalue weighted by Crippen LogP contribution is -2.16. The fourth-order valence-corrected chi connectivity index (χ4v) is 4.07. The monoisotopic (exact) mass is 360 g/mol. The molecule has 0 bridgehead atoms. The molecule has 0 saturated heterocycles. The van der Waals surface area contributed by atoms with Gasteiger partial charge in [-0.3, -0.25) is 0 Å². The fraction of sp³-hybridized carbons (Fsp3) is 0.538. The van der Waals surface area contributed by atoms with E-state index in [1.807, 2.05) is 0 Å². The van der Waals surface area contributed by atoms with Crippen LogP contribution in [0.5, 0.6) is 5.75 Å². The Hall–Kier alpha value is 0.530. The molecule has 0 saturated carbocycles. The van der Waals surface area contributed by atoms with E-state index in [1.165, 1.54) is 11.8 Å². The van der Waals surface area contributed by atoms with Crippen molar-refractivity contribution in [1.29, 1.82) is 0 Å². The van der Waals surface area contributed by atoms with Crippen molar-refractivity contribution in [3.8, 4) is 5.75 Å². The molecule has 0 aliphatic rings. The Morgan fingerprint density at radius 3 is 1.63 bits per heavy atom. The molecule has 2 unspecified atom stereocenters. The molecular formula is C13H16Cl4OS. The first-order valence-corrected chi connectivity index (χ1v) is 8.29. The van der Waals surface area contributed by atoms with E-state index in [-0.39, 0.29) is 25.8 Å². The van der Waals surface area contributed by atoms with Gasteiger partial charge in [0.2, 0.25) is 0 Å². The fourth-order valence-electron chi connectivity index (χ4n) is 1.54. The number of phenolic OH excluding ortho intramolecular Hbond substituents is 1. The Morgan fingerprint density at radius 2 is 1.26 bits per heavy atom. The molecule has 1 nitrogen and oxygen atoms in total. The predicted molar refractivity (Wildman–Crippen MR) is 87.5 cm³/mol. The second kappa shape index (κ2) is 7.00. The molecule has 1 aromatic carbocycles. The molecular weight excluding hydrogens is 346 g/mol. The Bertz CT molecular complexity index is 447. The van der Waals surface area contributed by atoms with Crippen LogP contribution in [0.25, 0.3) is 0 Å². The molecule has 2 atom stereocenters. The number of thioether (sulfide) groups is 1. The largest absolute Gasteiger partial charge is 0.505 e. The standard InChI is InChI=1S/C13H16Cl4OS/c1-5(2)6(3)7(4)19-13-10(16)8(14)12(18)9(15)11(13)17/h5-7,18H,1-4H3. The molecule has 0 spiro atoms. The predicted octanol–water partition coefficient (Wildman–Crippen LogP) is 6.78. The Labute approximate surface area is 138 Å². The van der Waals surface area contributed by atoms with Crippen LogP contribution in [0.4, 0.5) is 0 Å². The average Bonchev–Trinajstić information content (AvgIpc) is 2.37. The summed E-state index contributed by atoms with van der Waals surface area (Å²) in [5.74, 6) is 0.749. The quantitative estimate of drug-likeness (QED) is 0.471. The van der Waals surface area contributed by atoms with Crippen molar-refractivity contribution in [3.05, 3.63) is 20.1 Å². The summed E-state index contributed by atoms with van der Waals surface area (Å²) in [5, 5.41) is 10.6. The molecule has 6 heteroatoms. The van der Waals surface area contributed by atoms with E-state index in [2.05, 4.69) is 27.7 Å². The average molecular weight is 362 g/mol. The van der Waals surface area contributed by atoms with Crippen LogP contribution in [0.1, 0.15) is 27.7 Å². The smallest absolute Gasteiger partial charge is 0.155 e. The van der Waals surface area contributed by atoms with E-state index in [0.29, 0.717) is 22.0 Å². The maximum Gasteiger partial charge on any atom is 0.155 e. The van der Waals surface area contributed by atoms with Gasteiger partial charge in [0.1, 0.15) is 10.0 Å². The zero-order valence-corrected chi connectivity index (χ0v) is 14.9. The lowest BCUT2D eigenvalue weighted by molar-refractivity contribution is 0.417. The molecule has 0 radical (unpaired) electrons. The van der Waals surface area contributed by atoms with Gasteiger partial charge in [-0.15, -0.1) is 11.8 Å². The summed E-state index contributed by atoms with van der Waals surface area (Å²) in [6.07, 6.45) is 0. The minimum atomic E-state index is -0.271. The molecule has 0 fully saturated rings. The third-order valence-corrected chi connectivity index (χ3v) is 6.65. The first kappa shape index (κ1) is 17.6. The molecule has 0 aliphatic heterocycles. The molecule has 0 aliphatic carbocycles. The molecule has 108 valence electrons. The van der Waals surface area contributed by atoms with Gasteiger partial charge in [-0.05, 0) is 11.8 Å². The van der Waals surface area contributed by atoms with Gasteiger partial charge in [-0.1, -0.05) is 74.1 Å². The number of phenols is 1. The van der Waals surface area contributed by atoms with Gasteiger partial charge in [0.25, 0.3) is 0 Å². The molecule has 19 heavy (non-hydrogen) atoms. The Morgan fingerprint density at radius 1 is 0.842 bits per heavy atom. The topological polar surface area (TPSA) is 20.2 Å². The summed E-state index contributed by atoms with van der Waals surface area (Å²) in [6.45, 7) is 8.62. The van der Waals surface area contributed by atoms with Crippen molar-refractivity contribution < 1.29 is 5.11 Å². The molecule has 1 aromatic rings. The van der Waals surface area contributed by atoms with Gasteiger partial charge in [-0.25, -0.2) is 0 Å². The van der Waals surface area contributed by atoms with Crippen LogP contribution >= 0.6 is 58.2 Å². The second-order valence-corrected chi connectivity index (χ2v) is 7.76. The Balaban J connectivity index is 3.15. The van der Waals surface area contributed by atoms with Crippen molar-refractivity contribution >= 4 is 58.2 Å². The van der Waals surface area contributed by atoms with E-state index in [1.54, 1.807) is 0 Å². The van der Waals surface area contributed by atoms with Crippen molar-refractivity contribution in [1.82, 2.24) is 0 Å². The third-order valence-electron chi connectivity index (χ3n) is 3.30. The minimum absolute atomic E-state index is 0.0444. The van der Waals surface area contributed by atoms with E-state index in [4.69, 9.17) is 46.4 Å². The molecule has 0 aromatic heterocycles. The SMILES string of the molecule is CC(C)C(C)C(C)Sc1c(Cl)c(Cl)c(O)c(Cl)c1Cl. The van der Waals surface area contributed by atoms with Gasteiger partial charge >= 0.3 is 0 Å². The van der Waals surface area contributed by atoms with Crippen LogP contribution in [-0.2, 0) is 0 Å². The summed E-state index contributed by atoms with van der Waals surface area (Å²) >= 11 is 25.7. The minimum Gasteiger partial charge on any atom is -0.505 e. The van der Waals surface area contributed by atoms with Crippen LogP contribution in [0.15, 0.2) is 4.90 Å². The van der Waals surface area contributed by atoms with Crippen LogP contribution in [-0.4, -0.2) is 10.4 Å². The summed E-state index contributed by atoms with van der Waals surface area (Å²) in [5.41, 5.74) is 0. The van der Waals surface area contributed by atoms with Crippen molar-refractivity contribution in [2.24, 2.45) is 11.8 Å². The van der Waals surface area contributed by atoms with E-state index < -0.39 is 0 Å². The van der Waals surface area contributed by atoms with Crippen LogP contribution in [0.3, 0.4) is 0 Å². The summed E-state index contributed by atoms with van der Waals surface area (Å²) in [7, 11) is 0. The highest BCUT2D eigenvalue weighted by molar-refractivity contribution is 8.00. The van der Waals surface area contributed by atoms with E-state index in [9.17, 15) is 5.11 Å². The second-order valence-electron chi connectivity index (χ2n) is 4.86. The number of hydrogen-bond donors (Lipinski definition) is 1. The Kier molecular flexibility index (Phi) is 6.47. The first-order chi connectivity index (χ1) is 8.68. The molecule has 0 heterocycles. The summed E-state index contributed by atoms with van der Waals surface area (Å²) in [6, 6.07) is 0. The highest BCUT2D eigenvalue weighted by atomic mass is 35.5. The normalized spacial score (nSPS) is 14.8. The lowest BCUT2D eigenvalue weighted by Gasteiger charge is -2.24. The summed E-state index contributed by atoms with van der Waals surface area (Å²) < 4.78 is 0. The van der Waals surface area contributed by atoms with Crippen LogP contribution < -0.4 is 0 Å². The number of rotatable bonds is 4. The van der Waals surface area contributed by atoms with E-state index in [0.717, 1.165) is 0 Å². The third kappa shape index (κ3) is 3.79. The maximum atomic E-state index is 9.68. The van der Waals surface area contributed by atoms with Crippen LogP contribution in [0, 0.1) is 11.8 Å². The zero-order valence-electron chi connectivity index (χ0n) is 11.1. The maximum absolute atomic E-state index is 9.68. The number of benzene rings is 1. The first-order valence-electron chi connectivity index (χ1n) is 5.90. The molecule has 1 N–H and O–H groups in total. The van der Waals surface area contributed by atoms with Crippen molar-refractivity contribution in [2.75, 3.05) is 0 Å². The van der Waals surface area contributed by atoms with E-state index >= 15 is 0 Å². The van der Waals surface area contributed by atoms with Gasteiger partial charge in [0.15, 0.2) is 5.75 Å². The molecule has 1 rings (SSSR count). The highest BCUT2D eigenvalue weighted by Crippen LogP contribution is 2.50. The van der Waals surface area contributed by atoms with Crippen LogP contribution in [0.2, 0.25) is 20.1 Å².